The second kappa shape index (κ2) is 7.35. The number of ketones is 1. The van der Waals surface area contributed by atoms with Gasteiger partial charge in [-0.25, -0.2) is 0 Å². The van der Waals surface area contributed by atoms with Crippen molar-refractivity contribution >= 4 is 16.1 Å². The first kappa shape index (κ1) is 18.5. The SMILES string of the molecule is CC(C)S(OC1CCCC(=O)c2cccnc21)(C(C)C)C(C)C. The van der Waals surface area contributed by atoms with Crippen LogP contribution in [0.4, 0.5) is 0 Å². The quantitative estimate of drug-likeness (QED) is 0.671. The first-order chi connectivity index (χ1) is 10.8. The molecule has 0 saturated heterocycles. The molecular weight excluding hydrogens is 306 g/mol. The zero-order chi connectivity index (χ0) is 17.2. The fourth-order valence-electron chi connectivity index (χ4n) is 3.89. The van der Waals surface area contributed by atoms with Crippen LogP contribution in [0.15, 0.2) is 18.3 Å². The molecule has 4 heteroatoms. The number of carbonyl (C=O) groups is 1. The van der Waals surface area contributed by atoms with E-state index in [1.165, 1.54) is 0 Å². The third-order valence-corrected chi connectivity index (χ3v) is 9.79. The minimum atomic E-state index is -1.27. The number of hydrogen-bond donors (Lipinski definition) is 0. The van der Waals surface area contributed by atoms with Crippen LogP contribution in [0, 0.1) is 0 Å². The van der Waals surface area contributed by atoms with Crippen molar-refractivity contribution < 1.29 is 8.98 Å². The van der Waals surface area contributed by atoms with E-state index in [2.05, 4.69) is 46.5 Å². The topological polar surface area (TPSA) is 39.2 Å². The molecule has 0 fully saturated rings. The van der Waals surface area contributed by atoms with Gasteiger partial charge < -0.3 is 4.18 Å². The predicted octanol–water partition coefficient (Wildman–Crippen LogP) is 5.45. The zero-order valence-electron chi connectivity index (χ0n) is 15.3. The summed E-state index contributed by atoms with van der Waals surface area (Å²) in [5, 5.41) is 1.44. The van der Waals surface area contributed by atoms with E-state index in [9.17, 15) is 4.79 Å². The zero-order valence-corrected chi connectivity index (χ0v) is 16.2. The van der Waals surface area contributed by atoms with E-state index in [1.54, 1.807) is 6.20 Å². The van der Waals surface area contributed by atoms with Crippen molar-refractivity contribution in [3.05, 3.63) is 29.6 Å². The molecule has 0 radical (unpaired) electrons. The molecule has 1 heterocycles. The summed E-state index contributed by atoms with van der Waals surface area (Å²) in [4.78, 5) is 16.9. The Bertz CT molecular complexity index is 532. The summed E-state index contributed by atoms with van der Waals surface area (Å²) >= 11 is 0. The molecule has 1 aliphatic carbocycles. The lowest BCUT2D eigenvalue weighted by molar-refractivity contribution is 0.0981. The summed E-state index contributed by atoms with van der Waals surface area (Å²) in [6.07, 6.45) is 4.09. The molecule has 0 amide bonds. The van der Waals surface area contributed by atoms with Crippen LogP contribution in [0.25, 0.3) is 0 Å². The second-order valence-electron chi connectivity index (χ2n) is 7.18. The van der Waals surface area contributed by atoms with Gasteiger partial charge in [0.25, 0.3) is 0 Å². The standard InChI is InChI=1S/C19H31NO2S/c1-13(2)23(14(3)4,15(5)6)22-18-11-7-10-17(21)16-9-8-12-20-19(16)18/h8-9,12-15,18H,7,10-11H2,1-6H3. The molecule has 0 aliphatic heterocycles. The number of hydrogen-bond acceptors (Lipinski definition) is 3. The van der Waals surface area contributed by atoms with Crippen molar-refractivity contribution in [2.24, 2.45) is 0 Å². The Kier molecular flexibility index (Phi) is 5.90. The van der Waals surface area contributed by atoms with E-state index in [0.717, 1.165) is 24.1 Å². The van der Waals surface area contributed by atoms with Gasteiger partial charge in [0, 0.05) is 33.9 Å². The maximum Gasteiger partial charge on any atom is 0.164 e. The summed E-state index contributed by atoms with van der Waals surface area (Å²) in [7, 11) is -1.27. The van der Waals surface area contributed by atoms with E-state index in [0.29, 0.717) is 22.2 Å². The molecular formula is C19H31NO2S. The maximum atomic E-state index is 12.3. The van der Waals surface area contributed by atoms with Gasteiger partial charge in [-0.15, -0.1) is 10.3 Å². The van der Waals surface area contributed by atoms with Crippen LogP contribution in [-0.4, -0.2) is 26.5 Å². The van der Waals surface area contributed by atoms with Crippen molar-refractivity contribution in [1.29, 1.82) is 0 Å². The van der Waals surface area contributed by atoms with Gasteiger partial charge in [-0.2, -0.15) is 0 Å². The summed E-state index contributed by atoms with van der Waals surface area (Å²) in [5.41, 5.74) is 1.62. The predicted molar refractivity (Wildman–Crippen MR) is 99.2 cm³/mol. The third kappa shape index (κ3) is 3.48. The van der Waals surface area contributed by atoms with Gasteiger partial charge in [0.2, 0.25) is 0 Å². The highest BCUT2D eigenvalue weighted by atomic mass is 32.3. The van der Waals surface area contributed by atoms with E-state index in [-0.39, 0.29) is 11.9 Å². The highest BCUT2D eigenvalue weighted by molar-refractivity contribution is 8.31. The summed E-state index contributed by atoms with van der Waals surface area (Å²) in [5.74, 6) is 0.207. The van der Waals surface area contributed by atoms with Crippen LogP contribution in [0.5, 0.6) is 0 Å². The van der Waals surface area contributed by atoms with E-state index < -0.39 is 10.3 Å². The van der Waals surface area contributed by atoms with E-state index in [1.807, 2.05) is 12.1 Å². The lowest BCUT2D eigenvalue weighted by Crippen LogP contribution is -2.32. The summed E-state index contributed by atoms with van der Waals surface area (Å²) in [6.45, 7) is 13.6. The molecule has 0 aromatic carbocycles. The summed E-state index contributed by atoms with van der Waals surface area (Å²) in [6, 6.07) is 3.76. The molecule has 1 aromatic heterocycles. The molecule has 0 bridgehead atoms. The van der Waals surface area contributed by atoms with Crippen LogP contribution in [0.2, 0.25) is 0 Å². The Balaban J connectivity index is 2.44. The van der Waals surface area contributed by atoms with Crippen molar-refractivity contribution in [2.45, 2.75) is 82.7 Å². The van der Waals surface area contributed by atoms with Gasteiger partial charge in [-0.1, -0.05) is 41.5 Å². The van der Waals surface area contributed by atoms with Crippen LogP contribution >= 0.6 is 10.3 Å². The Morgan fingerprint density at radius 1 is 1.13 bits per heavy atom. The van der Waals surface area contributed by atoms with E-state index >= 15 is 0 Å². The first-order valence-electron chi connectivity index (χ1n) is 8.77. The van der Waals surface area contributed by atoms with Gasteiger partial charge in [0.05, 0.1) is 5.69 Å². The normalized spacial score (nSPS) is 20.0. The molecule has 1 unspecified atom stereocenters. The van der Waals surface area contributed by atoms with Gasteiger partial charge in [-0.3, -0.25) is 9.78 Å². The lowest BCUT2D eigenvalue weighted by Gasteiger charge is -2.52. The molecule has 0 spiro atoms. The monoisotopic (exact) mass is 337 g/mol. The molecule has 1 aromatic rings. The lowest BCUT2D eigenvalue weighted by atomic mass is 10.1. The molecule has 1 atom stereocenters. The Morgan fingerprint density at radius 2 is 1.74 bits per heavy atom. The van der Waals surface area contributed by atoms with E-state index in [4.69, 9.17) is 4.18 Å². The number of pyridine rings is 1. The summed E-state index contributed by atoms with van der Waals surface area (Å²) < 4.78 is 6.89. The highest BCUT2D eigenvalue weighted by Crippen LogP contribution is 2.64. The highest BCUT2D eigenvalue weighted by Gasteiger charge is 2.39. The van der Waals surface area contributed by atoms with Crippen LogP contribution in [-0.2, 0) is 4.18 Å². The largest absolute Gasteiger partial charge is 0.326 e. The first-order valence-corrected chi connectivity index (χ1v) is 10.5. The molecule has 0 N–H and O–H groups in total. The van der Waals surface area contributed by atoms with Crippen molar-refractivity contribution in [3.63, 3.8) is 0 Å². The molecule has 3 nitrogen and oxygen atoms in total. The number of aromatic nitrogens is 1. The van der Waals surface area contributed by atoms with Gasteiger partial charge >= 0.3 is 0 Å². The van der Waals surface area contributed by atoms with Crippen molar-refractivity contribution in [2.75, 3.05) is 0 Å². The minimum Gasteiger partial charge on any atom is -0.326 e. The molecule has 1 aliphatic rings. The fourth-order valence-corrected chi connectivity index (χ4v) is 8.41. The Hall–Kier alpha value is -0.870. The van der Waals surface area contributed by atoms with Crippen LogP contribution < -0.4 is 0 Å². The Labute approximate surface area is 142 Å². The van der Waals surface area contributed by atoms with Crippen LogP contribution in [0.1, 0.15) is 83.0 Å². The van der Waals surface area contributed by atoms with Gasteiger partial charge in [-0.05, 0) is 25.0 Å². The average Bonchev–Trinajstić information content (AvgIpc) is 2.63. The third-order valence-electron chi connectivity index (χ3n) is 4.81. The smallest absolute Gasteiger partial charge is 0.164 e. The fraction of sp³-hybridized carbons (Fsp3) is 0.684. The number of nitrogens with zero attached hydrogens (tertiary/aromatic N) is 1. The number of carbonyl (C=O) groups excluding carboxylic acids is 1. The maximum absolute atomic E-state index is 12.3. The second-order valence-corrected chi connectivity index (χ2v) is 11.6. The van der Waals surface area contributed by atoms with Crippen LogP contribution in [0.3, 0.4) is 0 Å². The Morgan fingerprint density at radius 3 is 2.30 bits per heavy atom. The number of rotatable bonds is 5. The molecule has 130 valence electrons. The van der Waals surface area contributed by atoms with Gasteiger partial charge in [0.1, 0.15) is 6.10 Å². The number of fused-ring (bicyclic) bond motifs is 1. The number of Topliss-reactive ketones (excluding diaryl/α,β-unsaturated/α-hetero) is 1. The molecule has 23 heavy (non-hydrogen) atoms. The average molecular weight is 338 g/mol. The van der Waals surface area contributed by atoms with Gasteiger partial charge in [0.15, 0.2) is 5.78 Å². The molecule has 0 saturated carbocycles. The minimum absolute atomic E-state index is 0.0557. The van der Waals surface area contributed by atoms with Crippen molar-refractivity contribution in [1.82, 2.24) is 4.98 Å². The van der Waals surface area contributed by atoms with Crippen molar-refractivity contribution in [3.8, 4) is 0 Å². The molecule has 2 rings (SSSR count).